The first-order chi connectivity index (χ1) is 7.69. The second-order valence-corrected chi connectivity index (χ2v) is 3.81. The molecule has 1 rings (SSSR count). The molecule has 0 bridgehead atoms. The zero-order valence-electron chi connectivity index (χ0n) is 9.21. The smallest absolute Gasteiger partial charge is 0.105 e. The SMILES string of the molecule is NCCc1cccc(C(O)C(O)CCO)c1. The third kappa shape index (κ3) is 3.57. The Hall–Kier alpha value is -0.940. The van der Waals surface area contributed by atoms with Gasteiger partial charge in [-0.1, -0.05) is 24.3 Å². The number of aliphatic hydroxyl groups is 3. The van der Waals surface area contributed by atoms with Gasteiger partial charge < -0.3 is 21.1 Å². The van der Waals surface area contributed by atoms with Gasteiger partial charge in [-0.25, -0.2) is 0 Å². The van der Waals surface area contributed by atoms with E-state index < -0.39 is 12.2 Å². The fourth-order valence-electron chi connectivity index (χ4n) is 1.61. The van der Waals surface area contributed by atoms with Crippen LogP contribution in [0.5, 0.6) is 0 Å². The Balaban J connectivity index is 2.74. The second-order valence-electron chi connectivity index (χ2n) is 3.81. The van der Waals surface area contributed by atoms with Crippen LogP contribution < -0.4 is 5.73 Å². The third-order valence-corrected chi connectivity index (χ3v) is 2.51. The third-order valence-electron chi connectivity index (χ3n) is 2.51. The van der Waals surface area contributed by atoms with Crippen LogP contribution in [-0.4, -0.2) is 34.6 Å². The van der Waals surface area contributed by atoms with Crippen molar-refractivity contribution in [3.8, 4) is 0 Å². The summed E-state index contributed by atoms with van der Waals surface area (Å²) in [5, 5.41) is 28.1. The average molecular weight is 225 g/mol. The van der Waals surface area contributed by atoms with Gasteiger partial charge in [0.2, 0.25) is 0 Å². The van der Waals surface area contributed by atoms with Crippen molar-refractivity contribution in [1.82, 2.24) is 0 Å². The summed E-state index contributed by atoms with van der Waals surface area (Å²) in [6.45, 7) is 0.416. The first kappa shape index (κ1) is 13.1. The summed E-state index contributed by atoms with van der Waals surface area (Å²) in [6, 6.07) is 7.35. The highest BCUT2D eigenvalue weighted by atomic mass is 16.3. The summed E-state index contributed by atoms with van der Waals surface area (Å²) in [5.74, 6) is 0. The normalized spacial score (nSPS) is 14.8. The highest BCUT2D eigenvalue weighted by Gasteiger charge is 2.17. The standard InChI is InChI=1S/C12H19NO3/c13-6-4-9-2-1-3-10(8-9)12(16)11(15)5-7-14/h1-3,8,11-12,14-16H,4-7,13H2. The van der Waals surface area contributed by atoms with Crippen LogP contribution in [0.3, 0.4) is 0 Å². The molecule has 1 aromatic rings. The molecule has 16 heavy (non-hydrogen) atoms. The molecular formula is C12H19NO3. The molecule has 4 heteroatoms. The second kappa shape index (κ2) is 6.60. The summed E-state index contributed by atoms with van der Waals surface area (Å²) in [7, 11) is 0. The van der Waals surface area contributed by atoms with Crippen LogP contribution >= 0.6 is 0 Å². The Kier molecular flexibility index (Phi) is 5.42. The van der Waals surface area contributed by atoms with Gasteiger partial charge in [0.05, 0.1) is 6.10 Å². The number of hydrogen-bond acceptors (Lipinski definition) is 4. The van der Waals surface area contributed by atoms with Gasteiger partial charge in [-0.05, 0) is 30.5 Å². The van der Waals surface area contributed by atoms with Gasteiger partial charge in [0.15, 0.2) is 0 Å². The Morgan fingerprint density at radius 2 is 2.00 bits per heavy atom. The van der Waals surface area contributed by atoms with E-state index in [1.165, 1.54) is 0 Å². The molecule has 0 radical (unpaired) electrons. The van der Waals surface area contributed by atoms with E-state index in [4.69, 9.17) is 10.8 Å². The average Bonchev–Trinajstić information content (AvgIpc) is 2.29. The maximum Gasteiger partial charge on any atom is 0.105 e. The van der Waals surface area contributed by atoms with Crippen LogP contribution in [0, 0.1) is 0 Å². The van der Waals surface area contributed by atoms with Gasteiger partial charge in [-0.2, -0.15) is 0 Å². The highest BCUT2D eigenvalue weighted by molar-refractivity contribution is 5.26. The quantitative estimate of drug-likeness (QED) is 0.547. The fourth-order valence-corrected chi connectivity index (χ4v) is 1.61. The zero-order valence-corrected chi connectivity index (χ0v) is 9.21. The van der Waals surface area contributed by atoms with Crippen molar-refractivity contribution in [2.24, 2.45) is 5.73 Å². The van der Waals surface area contributed by atoms with Gasteiger partial charge in [0.25, 0.3) is 0 Å². The molecule has 90 valence electrons. The molecule has 0 fully saturated rings. The minimum atomic E-state index is -0.954. The molecule has 5 N–H and O–H groups in total. The van der Waals surface area contributed by atoms with Gasteiger partial charge >= 0.3 is 0 Å². The van der Waals surface area contributed by atoms with Gasteiger partial charge in [0.1, 0.15) is 6.10 Å². The molecule has 0 saturated heterocycles. The van der Waals surface area contributed by atoms with Gasteiger partial charge in [-0.15, -0.1) is 0 Å². The maximum atomic E-state index is 9.82. The summed E-state index contributed by atoms with van der Waals surface area (Å²) in [6.07, 6.45) is -0.970. The molecule has 2 atom stereocenters. The van der Waals surface area contributed by atoms with E-state index in [-0.39, 0.29) is 13.0 Å². The lowest BCUT2D eigenvalue weighted by atomic mass is 9.99. The van der Waals surface area contributed by atoms with E-state index >= 15 is 0 Å². The lowest BCUT2D eigenvalue weighted by molar-refractivity contribution is 0.00418. The Labute approximate surface area is 95.3 Å². The number of nitrogens with two attached hydrogens (primary N) is 1. The van der Waals surface area contributed by atoms with Gasteiger partial charge in [0, 0.05) is 6.61 Å². The van der Waals surface area contributed by atoms with E-state index in [2.05, 4.69) is 0 Å². The summed E-state index contributed by atoms with van der Waals surface area (Å²) < 4.78 is 0. The molecule has 0 aliphatic carbocycles. The first-order valence-corrected chi connectivity index (χ1v) is 5.45. The van der Waals surface area contributed by atoms with Crippen molar-refractivity contribution in [1.29, 1.82) is 0 Å². The van der Waals surface area contributed by atoms with Crippen molar-refractivity contribution in [2.45, 2.75) is 25.0 Å². The Bertz CT molecular complexity index is 317. The minimum Gasteiger partial charge on any atom is -0.396 e. The van der Waals surface area contributed by atoms with Crippen molar-refractivity contribution in [2.75, 3.05) is 13.2 Å². The van der Waals surface area contributed by atoms with Crippen LogP contribution in [-0.2, 0) is 6.42 Å². The van der Waals surface area contributed by atoms with Crippen LogP contribution in [0.2, 0.25) is 0 Å². The number of rotatable bonds is 6. The predicted octanol–water partition coefficient (Wildman–Crippen LogP) is -0.0355. The van der Waals surface area contributed by atoms with Crippen LogP contribution in [0.15, 0.2) is 24.3 Å². The predicted molar refractivity (Wildman–Crippen MR) is 61.9 cm³/mol. The maximum absolute atomic E-state index is 9.82. The molecule has 0 aromatic heterocycles. The molecule has 0 amide bonds. The number of aliphatic hydroxyl groups excluding tert-OH is 3. The molecule has 2 unspecified atom stereocenters. The number of hydrogen-bond donors (Lipinski definition) is 4. The molecule has 0 aliphatic rings. The van der Waals surface area contributed by atoms with Crippen LogP contribution in [0.4, 0.5) is 0 Å². The highest BCUT2D eigenvalue weighted by Crippen LogP contribution is 2.19. The van der Waals surface area contributed by atoms with Crippen molar-refractivity contribution >= 4 is 0 Å². The van der Waals surface area contributed by atoms with E-state index in [9.17, 15) is 10.2 Å². The Morgan fingerprint density at radius 1 is 1.25 bits per heavy atom. The monoisotopic (exact) mass is 225 g/mol. The molecule has 0 heterocycles. The summed E-state index contributed by atoms with van der Waals surface area (Å²) in [4.78, 5) is 0. The largest absolute Gasteiger partial charge is 0.396 e. The zero-order chi connectivity index (χ0) is 12.0. The van der Waals surface area contributed by atoms with E-state index in [0.717, 1.165) is 12.0 Å². The molecular weight excluding hydrogens is 206 g/mol. The van der Waals surface area contributed by atoms with Crippen molar-refractivity contribution < 1.29 is 15.3 Å². The van der Waals surface area contributed by atoms with E-state index in [1.807, 2.05) is 18.2 Å². The fraction of sp³-hybridized carbons (Fsp3) is 0.500. The molecule has 0 spiro atoms. The molecule has 0 saturated carbocycles. The van der Waals surface area contributed by atoms with Crippen molar-refractivity contribution in [3.05, 3.63) is 35.4 Å². The van der Waals surface area contributed by atoms with Crippen LogP contribution in [0.25, 0.3) is 0 Å². The molecule has 4 nitrogen and oxygen atoms in total. The summed E-state index contributed by atoms with van der Waals surface area (Å²) >= 11 is 0. The molecule has 1 aromatic carbocycles. The van der Waals surface area contributed by atoms with E-state index in [0.29, 0.717) is 12.1 Å². The lowest BCUT2D eigenvalue weighted by Gasteiger charge is -2.17. The number of benzene rings is 1. The summed E-state index contributed by atoms with van der Waals surface area (Å²) in [5.41, 5.74) is 7.15. The van der Waals surface area contributed by atoms with Gasteiger partial charge in [-0.3, -0.25) is 0 Å². The first-order valence-electron chi connectivity index (χ1n) is 5.45. The Morgan fingerprint density at radius 3 is 2.62 bits per heavy atom. The molecule has 0 aliphatic heterocycles. The van der Waals surface area contributed by atoms with Crippen LogP contribution in [0.1, 0.15) is 23.7 Å². The lowest BCUT2D eigenvalue weighted by Crippen LogP contribution is -2.19. The van der Waals surface area contributed by atoms with E-state index in [1.54, 1.807) is 6.07 Å². The topological polar surface area (TPSA) is 86.7 Å². The van der Waals surface area contributed by atoms with Crippen molar-refractivity contribution in [3.63, 3.8) is 0 Å². The minimum absolute atomic E-state index is 0.138.